The first-order valence-electron chi connectivity index (χ1n) is 13.7. The third kappa shape index (κ3) is 8.04. The lowest BCUT2D eigenvalue weighted by Crippen LogP contribution is -2.21. The Hall–Kier alpha value is -2.95. The number of unbranched alkanes of at least 4 members (excludes halogenated alkanes) is 8. The minimum Gasteiger partial charge on any atom is -0.489 e. The van der Waals surface area contributed by atoms with E-state index in [1.54, 1.807) is 11.6 Å². The van der Waals surface area contributed by atoms with Crippen LogP contribution in [0.3, 0.4) is 0 Å². The number of aromatic nitrogens is 1. The van der Waals surface area contributed by atoms with Gasteiger partial charge in [0.25, 0.3) is 5.56 Å². The molecule has 0 aliphatic carbocycles. The van der Waals surface area contributed by atoms with Gasteiger partial charge in [-0.25, -0.2) is 0 Å². The van der Waals surface area contributed by atoms with Crippen molar-refractivity contribution in [3.05, 3.63) is 64.4 Å². The maximum absolute atomic E-state index is 13.4. The monoisotopic (exact) mass is 493 g/mol. The molecule has 36 heavy (non-hydrogen) atoms. The lowest BCUT2D eigenvalue weighted by atomic mass is 10.1. The second-order valence-electron chi connectivity index (χ2n) is 9.50. The molecule has 0 unspecified atom stereocenters. The summed E-state index contributed by atoms with van der Waals surface area (Å²) in [6.07, 6.45) is 11.5. The van der Waals surface area contributed by atoms with Gasteiger partial charge in [0.15, 0.2) is 5.75 Å². The van der Waals surface area contributed by atoms with E-state index in [0.717, 1.165) is 47.9 Å². The van der Waals surface area contributed by atoms with Crippen LogP contribution in [0.1, 0.15) is 83.6 Å². The molecule has 1 heterocycles. The number of rotatable bonds is 17. The summed E-state index contributed by atoms with van der Waals surface area (Å²) >= 11 is 0. The van der Waals surface area contributed by atoms with Gasteiger partial charge in [0.05, 0.1) is 18.7 Å². The first-order valence-corrected chi connectivity index (χ1v) is 13.7. The summed E-state index contributed by atoms with van der Waals surface area (Å²) in [5.41, 5.74) is 1.71. The van der Waals surface area contributed by atoms with E-state index in [1.165, 1.54) is 38.5 Å². The van der Waals surface area contributed by atoms with Crippen LogP contribution in [-0.4, -0.2) is 17.8 Å². The Kier molecular flexibility index (Phi) is 11.7. The molecule has 5 heteroatoms. The SMILES string of the molecule is CCCCCCCCOc1c(OCCCCCC)c2ccc(OCc3ccccc3)cc2n(C)c1=O. The zero-order valence-corrected chi connectivity index (χ0v) is 22.4. The van der Waals surface area contributed by atoms with Gasteiger partial charge in [-0.2, -0.15) is 0 Å². The van der Waals surface area contributed by atoms with Crippen LogP contribution in [0.2, 0.25) is 0 Å². The van der Waals surface area contributed by atoms with E-state index in [0.29, 0.717) is 31.3 Å². The van der Waals surface area contributed by atoms with Gasteiger partial charge in [-0.05, 0) is 30.5 Å². The summed E-state index contributed by atoms with van der Waals surface area (Å²) in [7, 11) is 1.79. The highest BCUT2D eigenvalue weighted by atomic mass is 16.5. The molecule has 0 aliphatic rings. The number of nitrogens with zero attached hydrogens (tertiary/aromatic N) is 1. The number of ether oxygens (including phenoxy) is 3. The number of aryl methyl sites for hydroxylation is 1. The van der Waals surface area contributed by atoms with Crippen LogP contribution in [0.5, 0.6) is 17.2 Å². The molecule has 196 valence electrons. The fourth-order valence-corrected chi connectivity index (χ4v) is 4.32. The van der Waals surface area contributed by atoms with Crippen molar-refractivity contribution in [3.63, 3.8) is 0 Å². The third-order valence-electron chi connectivity index (χ3n) is 6.52. The topological polar surface area (TPSA) is 49.7 Å². The summed E-state index contributed by atoms with van der Waals surface area (Å²) in [5, 5.41) is 0.873. The van der Waals surface area contributed by atoms with E-state index >= 15 is 0 Å². The van der Waals surface area contributed by atoms with Crippen LogP contribution in [-0.2, 0) is 13.7 Å². The van der Waals surface area contributed by atoms with Gasteiger partial charge >= 0.3 is 0 Å². The Morgan fingerprint density at radius 2 is 1.31 bits per heavy atom. The highest BCUT2D eigenvalue weighted by Crippen LogP contribution is 2.35. The number of hydrogen-bond donors (Lipinski definition) is 0. The van der Waals surface area contributed by atoms with Crippen LogP contribution < -0.4 is 19.8 Å². The van der Waals surface area contributed by atoms with Crippen molar-refractivity contribution in [2.75, 3.05) is 13.2 Å². The van der Waals surface area contributed by atoms with Crippen LogP contribution in [0.25, 0.3) is 10.9 Å². The molecule has 0 fully saturated rings. The first kappa shape index (κ1) is 27.6. The summed E-state index contributed by atoms with van der Waals surface area (Å²) in [6, 6.07) is 15.9. The molecule has 5 nitrogen and oxygen atoms in total. The molecular weight excluding hydrogens is 450 g/mol. The second-order valence-corrected chi connectivity index (χ2v) is 9.50. The quantitative estimate of drug-likeness (QED) is 0.180. The van der Waals surface area contributed by atoms with Gasteiger partial charge in [0.1, 0.15) is 12.4 Å². The smallest absolute Gasteiger partial charge is 0.297 e. The van der Waals surface area contributed by atoms with Crippen LogP contribution >= 0.6 is 0 Å². The van der Waals surface area contributed by atoms with Crippen LogP contribution in [0.15, 0.2) is 53.3 Å². The Labute approximate surface area is 216 Å². The molecule has 0 atom stereocenters. The predicted molar refractivity (Wildman–Crippen MR) is 148 cm³/mol. The zero-order chi connectivity index (χ0) is 25.6. The van der Waals surface area contributed by atoms with Crippen molar-refractivity contribution in [1.29, 1.82) is 0 Å². The normalized spacial score (nSPS) is 11.1. The largest absolute Gasteiger partial charge is 0.489 e. The van der Waals surface area contributed by atoms with E-state index in [4.69, 9.17) is 14.2 Å². The van der Waals surface area contributed by atoms with E-state index in [1.807, 2.05) is 48.5 Å². The summed E-state index contributed by atoms with van der Waals surface area (Å²) < 4.78 is 20.0. The summed E-state index contributed by atoms with van der Waals surface area (Å²) in [5.74, 6) is 1.60. The molecule has 0 spiro atoms. The Bertz CT molecular complexity index is 1110. The van der Waals surface area contributed by atoms with Gasteiger partial charge in [-0.1, -0.05) is 95.5 Å². The molecule has 0 aliphatic heterocycles. The van der Waals surface area contributed by atoms with E-state index < -0.39 is 0 Å². The maximum Gasteiger partial charge on any atom is 0.297 e. The molecule has 0 bridgehead atoms. The number of fused-ring (bicyclic) bond motifs is 1. The average molecular weight is 494 g/mol. The second kappa shape index (κ2) is 15.2. The maximum atomic E-state index is 13.4. The van der Waals surface area contributed by atoms with E-state index in [2.05, 4.69) is 13.8 Å². The lowest BCUT2D eigenvalue weighted by molar-refractivity contribution is 0.257. The Morgan fingerprint density at radius 3 is 2.00 bits per heavy atom. The summed E-state index contributed by atoms with van der Waals surface area (Å²) in [4.78, 5) is 13.4. The molecule has 1 aromatic heterocycles. The molecule has 0 saturated carbocycles. The fraction of sp³-hybridized carbons (Fsp3) is 0.516. The van der Waals surface area contributed by atoms with Gasteiger partial charge in [0, 0.05) is 18.5 Å². The number of pyridine rings is 1. The zero-order valence-electron chi connectivity index (χ0n) is 22.4. The highest BCUT2D eigenvalue weighted by Gasteiger charge is 2.19. The molecular formula is C31H43NO4. The highest BCUT2D eigenvalue weighted by molar-refractivity contribution is 5.89. The van der Waals surface area contributed by atoms with Crippen molar-refractivity contribution in [3.8, 4) is 17.2 Å². The standard InChI is InChI=1S/C31H43NO4/c1-4-6-8-10-11-16-22-35-30-29(34-21-15-9-7-5-2)27-20-19-26(23-28(27)32(3)31(30)33)36-24-25-17-13-12-14-18-25/h12-14,17-20,23H,4-11,15-16,21-22,24H2,1-3H3. The van der Waals surface area contributed by atoms with Gasteiger partial charge in [-0.3, -0.25) is 4.79 Å². The number of hydrogen-bond acceptors (Lipinski definition) is 4. The van der Waals surface area contributed by atoms with Crippen molar-refractivity contribution in [1.82, 2.24) is 4.57 Å². The predicted octanol–water partition coefficient (Wildman–Crippen LogP) is 7.82. The van der Waals surface area contributed by atoms with Crippen molar-refractivity contribution < 1.29 is 14.2 Å². The van der Waals surface area contributed by atoms with Crippen molar-refractivity contribution in [2.45, 2.75) is 84.7 Å². The van der Waals surface area contributed by atoms with Gasteiger partial charge < -0.3 is 18.8 Å². The fourth-order valence-electron chi connectivity index (χ4n) is 4.32. The minimum absolute atomic E-state index is 0.169. The van der Waals surface area contributed by atoms with Crippen LogP contribution in [0.4, 0.5) is 0 Å². The first-order chi connectivity index (χ1) is 17.7. The molecule has 2 aromatic carbocycles. The average Bonchev–Trinajstić information content (AvgIpc) is 2.91. The van der Waals surface area contributed by atoms with E-state index in [-0.39, 0.29) is 5.56 Å². The Balaban J connectivity index is 1.80. The van der Waals surface area contributed by atoms with Crippen molar-refractivity contribution in [2.24, 2.45) is 7.05 Å². The molecule has 3 aromatic rings. The van der Waals surface area contributed by atoms with Gasteiger partial charge in [0.2, 0.25) is 5.75 Å². The molecule has 0 saturated heterocycles. The molecule has 0 amide bonds. The summed E-state index contributed by atoms with van der Waals surface area (Å²) in [6.45, 7) is 5.99. The van der Waals surface area contributed by atoms with E-state index in [9.17, 15) is 4.79 Å². The minimum atomic E-state index is -0.169. The van der Waals surface area contributed by atoms with Crippen molar-refractivity contribution >= 4 is 10.9 Å². The third-order valence-corrected chi connectivity index (χ3v) is 6.52. The Morgan fingerprint density at radius 1 is 0.694 bits per heavy atom. The molecule has 0 N–H and O–H groups in total. The molecule has 3 rings (SSSR count). The lowest BCUT2D eigenvalue weighted by Gasteiger charge is -2.18. The van der Waals surface area contributed by atoms with Crippen LogP contribution in [0, 0.1) is 0 Å². The van der Waals surface area contributed by atoms with Gasteiger partial charge in [-0.15, -0.1) is 0 Å². The number of benzene rings is 2. The molecule has 0 radical (unpaired) electrons.